The first-order chi connectivity index (χ1) is 14.6. The van der Waals surface area contributed by atoms with Gasteiger partial charge >= 0.3 is 5.97 Å². The van der Waals surface area contributed by atoms with Gasteiger partial charge in [-0.1, -0.05) is 47.7 Å². The lowest BCUT2D eigenvalue weighted by molar-refractivity contribution is 0.0601. The third kappa shape index (κ3) is 4.67. The Balaban J connectivity index is 1.56. The summed E-state index contributed by atoms with van der Waals surface area (Å²) in [6, 6.07) is 20.4. The Hall–Kier alpha value is -3.23. The predicted octanol–water partition coefficient (Wildman–Crippen LogP) is 6.29. The Kier molecular flexibility index (Phi) is 6.06. The number of thiazole rings is 1. The van der Waals surface area contributed by atoms with Crippen molar-refractivity contribution < 1.29 is 14.3 Å². The SMILES string of the molecule is COC(=O)c1cccc(Nc2cc(Oc3sc(Br)nc3-c3ccccc3)ccn2)c1. The molecule has 0 bridgehead atoms. The number of aromatic nitrogens is 2. The summed E-state index contributed by atoms with van der Waals surface area (Å²) in [5, 5.41) is 3.86. The number of halogens is 1. The molecule has 30 heavy (non-hydrogen) atoms. The summed E-state index contributed by atoms with van der Waals surface area (Å²) in [6.07, 6.45) is 1.65. The molecule has 2 heterocycles. The summed E-state index contributed by atoms with van der Waals surface area (Å²) in [4.78, 5) is 20.6. The third-order valence-corrected chi connectivity index (χ3v) is 5.50. The van der Waals surface area contributed by atoms with E-state index < -0.39 is 5.97 Å². The van der Waals surface area contributed by atoms with Gasteiger partial charge < -0.3 is 14.8 Å². The van der Waals surface area contributed by atoms with Crippen LogP contribution in [-0.2, 0) is 4.74 Å². The number of rotatable bonds is 6. The van der Waals surface area contributed by atoms with E-state index in [-0.39, 0.29) is 0 Å². The molecular weight excluding hydrogens is 466 g/mol. The molecule has 0 amide bonds. The van der Waals surface area contributed by atoms with E-state index in [0.29, 0.717) is 27.9 Å². The Morgan fingerprint density at radius 3 is 2.70 bits per heavy atom. The molecule has 0 aliphatic rings. The lowest BCUT2D eigenvalue weighted by atomic mass is 10.2. The fraction of sp³-hybridized carbons (Fsp3) is 0.0455. The number of hydrogen-bond donors (Lipinski definition) is 1. The van der Waals surface area contributed by atoms with E-state index in [2.05, 4.69) is 31.2 Å². The molecule has 0 saturated carbocycles. The zero-order chi connectivity index (χ0) is 20.9. The molecule has 150 valence electrons. The van der Waals surface area contributed by atoms with Gasteiger partial charge in [0.1, 0.15) is 17.3 Å². The molecule has 4 aromatic rings. The lowest BCUT2D eigenvalue weighted by Gasteiger charge is -2.09. The zero-order valence-corrected chi connectivity index (χ0v) is 18.2. The number of nitrogens with zero attached hydrogens (tertiary/aromatic N) is 2. The highest BCUT2D eigenvalue weighted by Crippen LogP contribution is 2.40. The minimum Gasteiger partial charge on any atom is -0.465 e. The number of carbonyl (C=O) groups is 1. The molecule has 0 radical (unpaired) electrons. The van der Waals surface area contributed by atoms with Crippen LogP contribution in [0.1, 0.15) is 10.4 Å². The summed E-state index contributed by atoms with van der Waals surface area (Å²) in [7, 11) is 1.35. The monoisotopic (exact) mass is 481 g/mol. The van der Waals surface area contributed by atoms with Gasteiger partial charge in [0.05, 0.1) is 12.7 Å². The van der Waals surface area contributed by atoms with Crippen LogP contribution in [0.5, 0.6) is 10.8 Å². The molecule has 0 atom stereocenters. The Labute approximate surface area is 185 Å². The molecule has 1 N–H and O–H groups in total. The van der Waals surface area contributed by atoms with Gasteiger partial charge in [0.25, 0.3) is 0 Å². The molecule has 0 aliphatic heterocycles. The van der Waals surface area contributed by atoms with Gasteiger partial charge in [0, 0.05) is 23.5 Å². The van der Waals surface area contributed by atoms with E-state index in [1.54, 1.807) is 36.5 Å². The van der Waals surface area contributed by atoms with Crippen molar-refractivity contribution in [2.24, 2.45) is 0 Å². The Morgan fingerprint density at radius 2 is 1.90 bits per heavy atom. The number of nitrogens with one attached hydrogen (secondary N) is 1. The van der Waals surface area contributed by atoms with Gasteiger partial charge in [0.2, 0.25) is 5.06 Å². The van der Waals surface area contributed by atoms with Crippen LogP contribution < -0.4 is 10.1 Å². The van der Waals surface area contributed by atoms with Gasteiger partial charge in [-0.2, -0.15) is 0 Å². The van der Waals surface area contributed by atoms with Crippen molar-refractivity contribution in [3.63, 3.8) is 0 Å². The van der Waals surface area contributed by atoms with E-state index in [9.17, 15) is 4.79 Å². The fourth-order valence-electron chi connectivity index (χ4n) is 2.77. The van der Waals surface area contributed by atoms with Crippen molar-refractivity contribution in [2.45, 2.75) is 0 Å². The van der Waals surface area contributed by atoms with Crippen molar-refractivity contribution in [1.29, 1.82) is 0 Å². The third-order valence-electron chi connectivity index (χ3n) is 4.12. The summed E-state index contributed by atoms with van der Waals surface area (Å²) in [5.41, 5.74) is 2.91. The Morgan fingerprint density at radius 1 is 1.07 bits per heavy atom. The van der Waals surface area contributed by atoms with E-state index in [1.807, 2.05) is 36.4 Å². The second-order valence-electron chi connectivity index (χ2n) is 6.15. The summed E-state index contributed by atoms with van der Waals surface area (Å²) < 4.78 is 11.6. The van der Waals surface area contributed by atoms with Gasteiger partial charge in [-0.05, 0) is 40.2 Å². The fourth-order valence-corrected chi connectivity index (χ4v) is 4.07. The maximum atomic E-state index is 11.7. The van der Waals surface area contributed by atoms with Gasteiger partial charge in [-0.3, -0.25) is 0 Å². The topological polar surface area (TPSA) is 73.3 Å². The average molecular weight is 482 g/mol. The van der Waals surface area contributed by atoms with E-state index in [4.69, 9.17) is 9.47 Å². The maximum Gasteiger partial charge on any atom is 0.337 e. The van der Waals surface area contributed by atoms with E-state index >= 15 is 0 Å². The van der Waals surface area contributed by atoms with Crippen molar-refractivity contribution in [3.8, 4) is 22.1 Å². The lowest BCUT2D eigenvalue weighted by Crippen LogP contribution is -2.02. The van der Waals surface area contributed by atoms with Crippen molar-refractivity contribution in [2.75, 3.05) is 12.4 Å². The van der Waals surface area contributed by atoms with Crippen LogP contribution in [-0.4, -0.2) is 23.0 Å². The quantitative estimate of drug-likeness (QED) is 0.326. The molecule has 8 heteroatoms. The predicted molar refractivity (Wildman–Crippen MR) is 121 cm³/mol. The van der Waals surface area contributed by atoms with Crippen LogP contribution in [0.15, 0.2) is 76.8 Å². The van der Waals surface area contributed by atoms with Crippen LogP contribution in [0.4, 0.5) is 11.5 Å². The standard InChI is InChI=1S/C22H16BrN3O3S/c1-28-20(27)15-8-5-9-16(12-15)25-18-13-17(10-11-24-18)29-21-19(26-22(23)30-21)14-6-3-2-4-7-14/h2-13H,1H3,(H,24,25). The molecule has 0 unspecified atom stereocenters. The molecular formula is C22H16BrN3O3S. The number of anilines is 2. The number of benzene rings is 2. The summed E-state index contributed by atoms with van der Waals surface area (Å²) >= 11 is 4.85. The molecule has 4 rings (SSSR count). The first-order valence-electron chi connectivity index (χ1n) is 8.93. The summed E-state index contributed by atoms with van der Waals surface area (Å²) in [5.74, 6) is 0.803. The van der Waals surface area contributed by atoms with Crippen LogP contribution in [0.25, 0.3) is 11.3 Å². The average Bonchev–Trinajstić information content (AvgIpc) is 3.14. The van der Waals surface area contributed by atoms with E-state index in [0.717, 1.165) is 15.2 Å². The number of ether oxygens (including phenoxy) is 2. The highest BCUT2D eigenvalue weighted by molar-refractivity contribution is 9.11. The number of hydrogen-bond acceptors (Lipinski definition) is 7. The number of esters is 1. The van der Waals surface area contributed by atoms with Crippen LogP contribution in [0, 0.1) is 0 Å². The first kappa shape index (κ1) is 20.1. The normalized spacial score (nSPS) is 10.5. The minimum atomic E-state index is -0.395. The minimum absolute atomic E-state index is 0.395. The zero-order valence-electron chi connectivity index (χ0n) is 15.8. The smallest absolute Gasteiger partial charge is 0.337 e. The van der Waals surface area contributed by atoms with Crippen LogP contribution >= 0.6 is 27.3 Å². The summed E-state index contributed by atoms with van der Waals surface area (Å²) in [6.45, 7) is 0. The van der Waals surface area contributed by atoms with Crippen LogP contribution in [0.3, 0.4) is 0 Å². The number of pyridine rings is 1. The molecule has 0 saturated heterocycles. The van der Waals surface area contributed by atoms with E-state index in [1.165, 1.54) is 18.4 Å². The van der Waals surface area contributed by atoms with Gasteiger partial charge in [-0.15, -0.1) is 0 Å². The van der Waals surface area contributed by atoms with Crippen molar-refractivity contribution in [1.82, 2.24) is 9.97 Å². The molecule has 2 aromatic heterocycles. The first-order valence-corrected chi connectivity index (χ1v) is 10.5. The maximum absolute atomic E-state index is 11.7. The van der Waals surface area contributed by atoms with Crippen molar-refractivity contribution >= 4 is 44.7 Å². The Bertz CT molecular complexity index is 1180. The van der Waals surface area contributed by atoms with Gasteiger partial charge in [0.15, 0.2) is 3.92 Å². The number of carbonyl (C=O) groups excluding carboxylic acids is 1. The molecule has 6 nitrogen and oxygen atoms in total. The highest BCUT2D eigenvalue weighted by Gasteiger charge is 2.14. The molecule has 2 aromatic carbocycles. The van der Waals surface area contributed by atoms with Gasteiger partial charge in [-0.25, -0.2) is 14.8 Å². The molecule has 0 aliphatic carbocycles. The molecule has 0 spiro atoms. The molecule has 0 fully saturated rings. The van der Waals surface area contributed by atoms with Crippen LogP contribution in [0.2, 0.25) is 0 Å². The second kappa shape index (κ2) is 9.06. The van der Waals surface area contributed by atoms with Crippen molar-refractivity contribution in [3.05, 3.63) is 82.4 Å². The second-order valence-corrected chi connectivity index (χ2v) is 8.38. The largest absolute Gasteiger partial charge is 0.465 e. The highest BCUT2D eigenvalue weighted by atomic mass is 79.9. The number of methoxy groups -OCH3 is 1.